The van der Waals surface area contributed by atoms with E-state index in [1.807, 2.05) is 0 Å². The summed E-state index contributed by atoms with van der Waals surface area (Å²) >= 11 is 0. The van der Waals surface area contributed by atoms with Crippen LogP contribution in [0.3, 0.4) is 0 Å². The van der Waals surface area contributed by atoms with Gasteiger partial charge in [-0.05, 0) is 39.0 Å². The molecule has 1 N–H and O–H groups in total. The Morgan fingerprint density at radius 3 is 2.60 bits per heavy atom. The van der Waals surface area contributed by atoms with Gasteiger partial charge in [0, 0.05) is 6.61 Å². The van der Waals surface area contributed by atoms with E-state index in [1.165, 1.54) is 18.3 Å². The van der Waals surface area contributed by atoms with Crippen molar-refractivity contribution in [3.05, 3.63) is 11.1 Å². The van der Waals surface area contributed by atoms with E-state index in [1.54, 1.807) is 0 Å². The minimum atomic E-state index is -0.135. The average Bonchev–Trinajstić information content (AvgIpc) is 2.61. The molecule has 1 aliphatic rings. The summed E-state index contributed by atoms with van der Waals surface area (Å²) in [5, 5.41) is 8.96. The quantitative estimate of drug-likeness (QED) is 0.574. The highest BCUT2D eigenvalue weighted by Crippen LogP contribution is 2.39. The van der Waals surface area contributed by atoms with E-state index < -0.39 is 0 Å². The van der Waals surface area contributed by atoms with E-state index in [9.17, 15) is 4.79 Å². The molecule has 86 valence electrons. The Bertz CT molecular complexity index is 264. The van der Waals surface area contributed by atoms with E-state index in [4.69, 9.17) is 9.84 Å². The van der Waals surface area contributed by atoms with Crippen molar-refractivity contribution in [2.45, 2.75) is 33.1 Å². The van der Waals surface area contributed by atoms with Crippen LogP contribution in [-0.4, -0.2) is 24.8 Å². The van der Waals surface area contributed by atoms with Gasteiger partial charge in [-0.2, -0.15) is 0 Å². The normalized spacial score (nSPS) is 25.5. The summed E-state index contributed by atoms with van der Waals surface area (Å²) in [6.07, 6.45) is 2.43. The molecule has 3 heteroatoms. The van der Waals surface area contributed by atoms with Crippen LogP contribution in [0.2, 0.25) is 0 Å². The number of rotatable bonds is 3. The number of hydrogen-bond acceptors (Lipinski definition) is 3. The Labute approximate surface area is 91.1 Å². The van der Waals surface area contributed by atoms with Crippen LogP contribution in [0.4, 0.5) is 0 Å². The SMILES string of the molecule is COC(=O)C1CC(=C(C)C)CC1CCO. The molecule has 0 aromatic rings. The van der Waals surface area contributed by atoms with Gasteiger partial charge in [-0.15, -0.1) is 0 Å². The van der Waals surface area contributed by atoms with Crippen molar-refractivity contribution in [2.24, 2.45) is 11.8 Å². The second-order valence-electron chi connectivity index (χ2n) is 4.41. The Morgan fingerprint density at radius 2 is 2.13 bits per heavy atom. The Morgan fingerprint density at radius 1 is 1.47 bits per heavy atom. The van der Waals surface area contributed by atoms with Gasteiger partial charge >= 0.3 is 5.97 Å². The van der Waals surface area contributed by atoms with Crippen LogP contribution >= 0.6 is 0 Å². The first-order valence-corrected chi connectivity index (χ1v) is 5.44. The molecule has 2 unspecified atom stereocenters. The lowest BCUT2D eigenvalue weighted by atomic mass is 9.93. The molecule has 1 rings (SSSR count). The number of aliphatic hydroxyl groups excluding tert-OH is 1. The molecular weight excluding hydrogens is 192 g/mol. The van der Waals surface area contributed by atoms with Gasteiger partial charge < -0.3 is 9.84 Å². The third kappa shape index (κ3) is 2.81. The van der Waals surface area contributed by atoms with Crippen LogP contribution < -0.4 is 0 Å². The lowest BCUT2D eigenvalue weighted by molar-refractivity contribution is -0.146. The molecule has 0 heterocycles. The summed E-state index contributed by atoms with van der Waals surface area (Å²) in [4.78, 5) is 11.5. The topological polar surface area (TPSA) is 46.5 Å². The van der Waals surface area contributed by atoms with Crippen molar-refractivity contribution >= 4 is 5.97 Å². The number of aliphatic hydroxyl groups is 1. The maximum absolute atomic E-state index is 11.5. The summed E-state index contributed by atoms with van der Waals surface area (Å²) in [6, 6.07) is 0. The molecule has 15 heavy (non-hydrogen) atoms. The Kier molecular flexibility index (Phi) is 4.33. The molecule has 0 spiro atoms. The lowest BCUT2D eigenvalue weighted by Crippen LogP contribution is -2.20. The van der Waals surface area contributed by atoms with Gasteiger partial charge in [0.05, 0.1) is 13.0 Å². The molecule has 0 aromatic heterocycles. The van der Waals surface area contributed by atoms with Crippen molar-refractivity contribution in [2.75, 3.05) is 13.7 Å². The first-order valence-electron chi connectivity index (χ1n) is 5.44. The van der Waals surface area contributed by atoms with Gasteiger partial charge in [0.15, 0.2) is 0 Å². The van der Waals surface area contributed by atoms with E-state index in [-0.39, 0.29) is 24.4 Å². The predicted octanol–water partition coefficient (Wildman–Crippen LogP) is 1.90. The maximum atomic E-state index is 11.5. The third-order valence-electron chi connectivity index (χ3n) is 3.25. The molecule has 0 amide bonds. The predicted molar refractivity (Wildman–Crippen MR) is 58.3 cm³/mol. The minimum absolute atomic E-state index is 0.0490. The van der Waals surface area contributed by atoms with Gasteiger partial charge in [0.2, 0.25) is 0 Å². The van der Waals surface area contributed by atoms with Gasteiger partial charge in [-0.1, -0.05) is 11.1 Å². The van der Waals surface area contributed by atoms with Crippen molar-refractivity contribution in [1.82, 2.24) is 0 Å². The largest absolute Gasteiger partial charge is 0.469 e. The lowest BCUT2D eigenvalue weighted by Gasteiger charge is -2.14. The molecule has 0 saturated heterocycles. The number of allylic oxidation sites excluding steroid dienone is 2. The van der Waals surface area contributed by atoms with Crippen molar-refractivity contribution in [3.8, 4) is 0 Å². The average molecular weight is 212 g/mol. The van der Waals surface area contributed by atoms with E-state index >= 15 is 0 Å². The van der Waals surface area contributed by atoms with Crippen LogP contribution in [0.1, 0.15) is 33.1 Å². The van der Waals surface area contributed by atoms with Crippen LogP contribution in [0.5, 0.6) is 0 Å². The van der Waals surface area contributed by atoms with Crippen molar-refractivity contribution < 1.29 is 14.6 Å². The molecule has 1 fully saturated rings. The third-order valence-corrected chi connectivity index (χ3v) is 3.25. The number of esters is 1. The standard InChI is InChI=1S/C12H20O3/c1-8(2)10-6-9(4-5-13)11(7-10)12(14)15-3/h9,11,13H,4-7H2,1-3H3. The number of carbonyl (C=O) groups is 1. The Hall–Kier alpha value is -0.830. The molecule has 3 nitrogen and oxygen atoms in total. The number of carbonyl (C=O) groups excluding carboxylic acids is 1. The first kappa shape index (κ1) is 12.2. The zero-order valence-corrected chi connectivity index (χ0v) is 9.75. The fraction of sp³-hybridized carbons (Fsp3) is 0.750. The summed E-state index contributed by atoms with van der Waals surface area (Å²) in [6.45, 7) is 4.30. The molecule has 1 saturated carbocycles. The van der Waals surface area contributed by atoms with Crippen LogP contribution in [0, 0.1) is 11.8 Å². The second kappa shape index (κ2) is 5.31. The maximum Gasteiger partial charge on any atom is 0.309 e. The first-order chi connectivity index (χ1) is 7.10. The van der Waals surface area contributed by atoms with Crippen LogP contribution in [0.15, 0.2) is 11.1 Å². The highest BCUT2D eigenvalue weighted by molar-refractivity contribution is 5.73. The van der Waals surface area contributed by atoms with Gasteiger partial charge in [-0.3, -0.25) is 4.79 Å². The molecule has 0 aliphatic heterocycles. The summed E-state index contributed by atoms with van der Waals surface area (Å²) in [5.74, 6) is 0.0732. The summed E-state index contributed by atoms with van der Waals surface area (Å²) < 4.78 is 4.80. The number of methoxy groups -OCH3 is 1. The van der Waals surface area contributed by atoms with Crippen molar-refractivity contribution in [3.63, 3.8) is 0 Å². The minimum Gasteiger partial charge on any atom is -0.469 e. The van der Waals surface area contributed by atoms with Gasteiger partial charge in [-0.25, -0.2) is 0 Å². The zero-order chi connectivity index (χ0) is 11.4. The Balaban J connectivity index is 2.76. The summed E-state index contributed by atoms with van der Waals surface area (Å²) in [7, 11) is 1.43. The fourth-order valence-electron chi connectivity index (χ4n) is 2.28. The summed E-state index contributed by atoms with van der Waals surface area (Å²) in [5.41, 5.74) is 2.65. The molecule has 0 radical (unpaired) electrons. The molecular formula is C12H20O3. The van der Waals surface area contributed by atoms with Gasteiger partial charge in [0.1, 0.15) is 0 Å². The van der Waals surface area contributed by atoms with E-state index in [2.05, 4.69) is 13.8 Å². The molecule has 0 bridgehead atoms. The molecule has 1 aliphatic carbocycles. The van der Waals surface area contributed by atoms with Crippen molar-refractivity contribution in [1.29, 1.82) is 0 Å². The highest BCUT2D eigenvalue weighted by atomic mass is 16.5. The zero-order valence-electron chi connectivity index (χ0n) is 9.75. The monoisotopic (exact) mass is 212 g/mol. The smallest absolute Gasteiger partial charge is 0.309 e. The van der Waals surface area contributed by atoms with Crippen LogP contribution in [-0.2, 0) is 9.53 Å². The molecule has 0 aromatic carbocycles. The molecule has 2 atom stereocenters. The second-order valence-corrected chi connectivity index (χ2v) is 4.41. The van der Waals surface area contributed by atoms with E-state index in [0.717, 1.165) is 12.8 Å². The van der Waals surface area contributed by atoms with Crippen LogP contribution in [0.25, 0.3) is 0 Å². The number of hydrogen-bond donors (Lipinski definition) is 1. The van der Waals surface area contributed by atoms with Gasteiger partial charge in [0.25, 0.3) is 0 Å². The van der Waals surface area contributed by atoms with E-state index in [0.29, 0.717) is 6.42 Å². The fourth-order valence-corrected chi connectivity index (χ4v) is 2.28. The number of ether oxygens (including phenoxy) is 1. The highest BCUT2D eigenvalue weighted by Gasteiger charge is 2.36.